The van der Waals surface area contributed by atoms with Gasteiger partial charge in [0.1, 0.15) is 0 Å². The second-order valence-corrected chi connectivity index (χ2v) is 5.44. The summed E-state index contributed by atoms with van der Waals surface area (Å²) in [6.07, 6.45) is 0. The number of aryl methyl sites for hydroxylation is 3. The van der Waals surface area contributed by atoms with Crippen LogP contribution in [0.15, 0.2) is 12.1 Å². The van der Waals surface area contributed by atoms with E-state index < -0.39 is 11.3 Å². The van der Waals surface area contributed by atoms with Gasteiger partial charge in [-0.25, -0.2) is 8.78 Å². The Balaban J connectivity index is 3.43. The lowest BCUT2D eigenvalue weighted by Crippen LogP contribution is -2.41. The minimum absolute atomic E-state index is 0.0489. The molecular formula is C14H21F2N. The third kappa shape index (κ3) is 2.34. The predicted molar refractivity (Wildman–Crippen MR) is 67.4 cm³/mol. The maximum Gasteiger partial charge on any atom is 0.279 e. The summed E-state index contributed by atoms with van der Waals surface area (Å²) in [5, 5.41) is 0. The second-order valence-electron chi connectivity index (χ2n) is 5.44. The molecule has 0 unspecified atom stereocenters. The highest BCUT2D eigenvalue weighted by Crippen LogP contribution is 2.46. The van der Waals surface area contributed by atoms with Gasteiger partial charge in [0, 0.05) is 17.5 Å². The van der Waals surface area contributed by atoms with Gasteiger partial charge < -0.3 is 5.73 Å². The van der Waals surface area contributed by atoms with Gasteiger partial charge in [0.05, 0.1) is 0 Å². The van der Waals surface area contributed by atoms with Gasteiger partial charge in [-0.2, -0.15) is 0 Å². The number of nitrogens with two attached hydrogens (primary N) is 1. The van der Waals surface area contributed by atoms with Gasteiger partial charge in [-0.1, -0.05) is 31.5 Å². The van der Waals surface area contributed by atoms with Gasteiger partial charge in [-0.15, -0.1) is 0 Å². The summed E-state index contributed by atoms with van der Waals surface area (Å²) in [6, 6.07) is 3.59. The summed E-state index contributed by atoms with van der Waals surface area (Å²) in [5.41, 5.74) is 6.64. The van der Waals surface area contributed by atoms with E-state index in [1.807, 2.05) is 6.92 Å². The van der Waals surface area contributed by atoms with Crippen molar-refractivity contribution in [2.24, 2.45) is 11.1 Å². The van der Waals surface area contributed by atoms with Crippen LogP contribution in [-0.2, 0) is 5.92 Å². The van der Waals surface area contributed by atoms with Crippen LogP contribution in [0.5, 0.6) is 0 Å². The van der Waals surface area contributed by atoms with Crippen molar-refractivity contribution in [2.75, 3.05) is 6.54 Å². The molecular weight excluding hydrogens is 220 g/mol. The zero-order valence-electron chi connectivity index (χ0n) is 11.2. The van der Waals surface area contributed by atoms with Crippen LogP contribution in [-0.4, -0.2) is 6.54 Å². The van der Waals surface area contributed by atoms with Gasteiger partial charge in [0.2, 0.25) is 0 Å². The molecule has 2 N–H and O–H groups in total. The highest BCUT2D eigenvalue weighted by atomic mass is 19.3. The third-order valence-electron chi connectivity index (χ3n) is 3.35. The van der Waals surface area contributed by atoms with Crippen molar-refractivity contribution in [1.29, 1.82) is 0 Å². The van der Waals surface area contributed by atoms with Crippen molar-refractivity contribution < 1.29 is 8.78 Å². The number of rotatable bonds is 3. The van der Waals surface area contributed by atoms with Gasteiger partial charge in [-0.3, -0.25) is 0 Å². The fourth-order valence-corrected chi connectivity index (χ4v) is 2.14. The molecule has 17 heavy (non-hydrogen) atoms. The molecule has 1 nitrogen and oxygen atoms in total. The van der Waals surface area contributed by atoms with E-state index in [0.717, 1.165) is 5.56 Å². The van der Waals surface area contributed by atoms with E-state index >= 15 is 0 Å². The van der Waals surface area contributed by atoms with Crippen LogP contribution < -0.4 is 5.73 Å². The molecule has 3 heteroatoms. The van der Waals surface area contributed by atoms with Crippen LogP contribution in [0.25, 0.3) is 0 Å². The maximum absolute atomic E-state index is 14.5. The highest BCUT2D eigenvalue weighted by Gasteiger charge is 2.48. The monoisotopic (exact) mass is 241 g/mol. The zero-order chi connectivity index (χ0) is 13.4. The molecule has 1 rings (SSSR count). The van der Waals surface area contributed by atoms with Crippen LogP contribution in [0.4, 0.5) is 8.78 Å². The molecule has 0 aliphatic heterocycles. The van der Waals surface area contributed by atoms with Crippen molar-refractivity contribution in [3.05, 3.63) is 34.4 Å². The topological polar surface area (TPSA) is 26.0 Å². The third-order valence-corrected chi connectivity index (χ3v) is 3.35. The molecule has 0 spiro atoms. The molecule has 0 bridgehead atoms. The molecule has 96 valence electrons. The van der Waals surface area contributed by atoms with Crippen molar-refractivity contribution in [3.63, 3.8) is 0 Å². The summed E-state index contributed by atoms with van der Waals surface area (Å²) >= 11 is 0. The molecule has 0 fully saturated rings. The molecule has 0 heterocycles. The van der Waals surface area contributed by atoms with Crippen molar-refractivity contribution in [3.8, 4) is 0 Å². The standard InChI is InChI=1S/C14H21F2N/c1-9-6-10(2)12(11(3)7-9)14(15,16)13(4,5)8-17/h6-7H,8,17H2,1-5H3. The minimum atomic E-state index is -2.91. The molecule has 0 amide bonds. The summed E-state index contributed by atoms with van der Waals surface area (Å²) in [5.74, 6) is -2.91. The Hall–Kier alpha value is -0.960. The van der Waals surface area contributed by atoms with Crippen LogP contribution in [0.1, 0.15) is 36.1 Å². The Labute approximate surface area is 102 Å². The van der Waals surface area contributed by atoms with Gasteiger partial charge in [0.15, 0.2) is 0 Å². The Kier molecular flexibility index (Phi) is 3.63. The fraction of sp³-hybridized carbons (Fsp3) is 0.571. The smallest absolute Gasteiger partial charge is 0.279 e. The second kappa shape index (κ2) is 4.37. The van der Waals surface area contributed by atoms with Gasteiger partial charge in [-0.05, 0) is 31.9 Å². The van der Waals surface area contributed by atoms with Crippen LogP contribution >= 0.6 is 0 Å². The van der Waals surface area contributed by atoms with Crippen molar-refractivity contribution in [1.82, 2.24) is 0 Å². The van der Waals surface area contributed by atoms with Gasteiger partial charge in [0.25, 0.3) is 5.92 Å². The van der Waals surface area contributed by atoms with Crippen LogP contribution in [0.3, 0.4) is 0 Å². The summed E-state index contributed by atoms with van der Waals surface area (Å²) in [7, 11) is 0. The molecule has 0 radical (unpaired) electrons. The summed E-state index contributed by atoms with van der Waals surface area (Å²) in [4.78, 5) is 0. The lowest BCUT2D eigenvalue weighted by molar-refractivity contribution is -0.109. The first-order valence-electron chi connectivity index (χ1n) is 5.79. The Morgan fingerprint density at radius 1 is 1.06 bits per heavy atom. The summed E-state index contributed by atoms with van der Waals surface area (Å²) in [6.45, 7) is 8.34. The molecule has 1 aromatic rings. The lowest BCUT2D eigenvalue weighted by atomic mass is 9.78. The van der Waals surface area contributed by atoms with E-state index in [4.69, 9.17) is 5.73 Å². The first-order chi connectivity index (χ1) is 7.63. The zero-order valence-corrected chi connectivity index (χ0v) is 11.2. The van der Waals surface area contributed by atoms with Crippen molar-refractivity contribution >= 4 is 0 Å². The molecule has 0 aliphatic rings. The first-order valence-corrected chi connectivity index (χ1v) is 5.79. The lowest BCUT2D eigenvalue weighted by Gasteiger charge is -2.35. The Morgan fingerprint density at radius 3 is 1.82 bits per heavy atom. The molecule has 0 atom stereocenters. The average Bonchev–Trinajstić information content (AvgIpc) is 2.15. The van der Waals surface area contributed by atoms with E-state index in [1.54, 1.807) is 26.0 Å². The van der Waals surface area contributed by atoms with Crippen LogP contribution in [0.2, 0.25) is 0 Å². The molecule has 0 aliphatic carbocycles. The fourth-order valence-electron chi connectivity index (χ4n) is 2.14. The number of alkyl halides is 2. The van der Waals surface area contributed by atoms with E-state index in [2.05, 4.69) is 0 Å². The summed E-state index contributed by atoms with van der Waals surface area (Å²) < 4.78 is 29.0. The molecule has 0 saturated carbocycles. The molecule has 1 aromatic carbocycles. The minimum Gasteiger partial charge on any atom is -0.330 e. The predicted octanol–water partition coefficient (Wildman–Crippen LogP) is 3.69. The quantitative estimate of drug-likeness (QED) is 0.858. The Morgan fingerprint density at radius 2 is 1.47 bits per heavy atom. The Bertz CT molecular complexity index is 399. The van der Waals surface area contributed by atoms with Gasteiger partial charge >= 0.3 is 0 Å². The van der Waals surface area contributed by atoms with E-state index in [1.165, 1.54) is 13.8 Å². The number of benzene rings is 1. The number of halogens is 2. The van der Waals surface area contributed by atoms with E-state index in [-0.39, 0.29) is 12.1 Å². The molecule has 0 saturated heterocycles. The van der Waals surface area contributed by atoms with Crippen LogP contribution in [0, 0.1) is 26.2 Å². The maximum atomic E-state index is 14.5. The SMILES string of the molecule is Cc1cc(C)c(C(F)(F)C(C)(C)CN)c(C)c1. The largest absolute Gasteiger partial charge is 0.330 e. The first kappa shape index (κ1) is 14.1. The average molecular weight is 241 g/mol. The highest BCUT2D eigenvalue weighted by molar-refractivity contribution is 5.41. The van der Waals surface area contributed by atoms with Crippen molar-refractivity contribution in [2.45, 2.75) is 40.5 Å². The van der Waals surface area contributed by atoms with E-state index in [9.17, 15) is 8.78 Å². The normalized spacial score (nSPS) is 12.9. The number of hydrogen-bond donors (Lipinski definition) is 1. The number of hydrogen-bond acceptors (Lipinski definition) is 1. The molecule has 0 aromatic heterocycles. The van der Waals surface area contributed by atoms with E-state index in [0.29, 0.717) is 11.1 Å².